The largest absolute Gasteiger partial charge is 0.377 e. The Balaban J connectivity index is 2.37. The average molecular weight is 332 g/mol. The molecule has 0 amide bonds. The van der Waals surface area contributed by atoms with Crippen molar-refractivity contribution in [3.63, 3.8) is 0 Å². The van der Waals surface area contributed by atoms with Crippen LogP contribution in [0.4, 0.5) is 11.4 Å². The Morgan fingerprint density at radius 3 is 3.07 bits per heavy atom. The van der Waals surface area contributed by atoms with E-state index in [4.69, 9.17) is 0 Å². The van der Waals surface area contributed by atoms with Crippen molar-refractivity contribution in [2.24, 2.45) is 4.99 Å². The number of ketones is 1. The van der Waals surface area contributed by atoms with Gasteiger partial charge in [-0.25, -0.2) is 4.99 Å². The lowest BCUT2D eigenvalue weighted by molar-refractivity contribution is -0.110. The van der Waals surface area contributed by atoms with Gasteiger partial charge in [0.1, 0.15) is 5.71 Å². The van der Waals surface area contributed by atoms with Gasteiger partial charge in [0.2, 0.25) is 0 Å². The first-order chi connectivity index (χ1) is 7.20. The monoisotopic (exact) mass is 330 g/mol. The molecule has 0 bridgehead atoms. The highest BCUT2D eigenvalue weighted by molar-refractivity contribution is 9.10. The first-order valence-electron chi connectivity index (χ1n) is 4.41. The minimum atomic E-state index is 0.0241. The van der Waals surface area contributed by atoms with Gasteiger partial charge in [-0.15, -0.1) is 0 Å². The van der Waals surface area contributed by atoms with Gasteiger partial charge in [-0.2, -0.15) is 0 Å². The molecule has 0 unspecified atom stereocenters. The number of Topliss-reactive ketones (excluding diaryl/α,β-unsaturated/α-hetero) is 1. The molecule has 0 aliphatic carbocycles. The third-order valence-electron chi connectivity index (χ3n) is 2.10. The Kier molecular flexibility index (Phi) is 3.21. The number of alkyl halides is 1. The smallest absolute Gasteiger partial charge is 0.189 e. The summed E-state index contributed by atoms with van der Waals surface area (Å²) in [6.07, 6.45) is 0. The summed E-state index contributed by atoms with van der Waals surface area (Å²) < 4.78 is 0.999. The van der Waals surface area contributed by atoms with E-state index in [1.54, 1.807) is 0 Å². The molecule has 1 aliphatic heterocycles. The molecule has 0 aromatic heterocycles. The molecular weight excluding hydrogens is 324 g/mol. The van der Waals surface area contributed by atoms with Crippen molar-refractivity contribution in [1.82, 2.24) is 0 Å². The van der Waals surface area contributed by atoms with E-state index in [0.29, 0.717) is 17.6 Å². The Labute approximate surface area is 104 Å². The first kappa shape index (κ1) is 10.8. The second kappa shape index (κ2) is 4.45. The summed E-state index contributed by atoms with van der Waals surface area (Å²) in [6, 6.07) is 5.74. The zero-order valence-electron chi connectivity index (χ0n) is 7.76. The Morgan fingerprint density at radius 1 is 1.53 bits per heavy atom. The van der Waals surface area contributed by atoms with Crippen LogP contribution in [0.25, 0.3) is 0 Å². The average Bonchev–Trinajstić information content (AvgIpc) is 2.27. The molecule has 0 radical (unpaired) electrons. The van der Waals surface area contributed by atoms with Gasteiger partial charge in [0.25, 0.3) is 0 Å². The summed E-state index contributed by atoms with van der Waals surface area (Å²) in [7, 11) is 0. The van der Waals surface area contributed by atoms with E-state index in [2.05, 4.69) is 42.2 Å². The van der Waals surface area contributed by atoms with Crippen LogP contribution in [0.2, 0.25) is 0 Å². The van der Waals surface area contributed by atoms with Crippen LogP contribution >= 0.6 is 31.9 Å². The maximum atomic E-state index is 11.4. The van der Waals surface area contributed by atoms with E-state index < -0.39 is 0 Å². The van der Waals surface area contributed by atoms with Crippen LogP contribution in [0, 0.1) is 0 Å². The van der Waals surface area contributed by atoms with Crippen molar-refractivity contribution >= 4 is 54.7 Å². The molecule has 78 valence electrons. The lowest BCUT2D eigenvalue weighted by atomic mass is 10.2. The molecule has 1 heterocycles. The summed E-state index contributed by atoms with van der Waals surface area (Å²) in [4.78, 5) is 15.7. The number of nitrogens with one attached hydrogen (secondary N) is 1. The van der Waals surface area contributed by atoms with Gasteiger partial charge in [-0.1, -0.05) is 31.9 Å². The van der Waals surface area contributed by atoms with Gasteiger partial charge in [0, 0.05) is 4.47 Å². The molecule has 1 aromatic carbocycles. The molecule has 3 nitrogen and oxygen atoms in total. The van der Waals surface area contributed by atoms with Crippen LogP contribution in [-0.4, -0.2) is 23.4 Å². The number of halogens is 2. The number of aliphatic imine (C=N–C) groups is 1. The molecule has 2 rings (SSSR count). The Bertz CT molecular complexity index is 443. The summed E-state index contributed by atoms with van der Waals surface area (Å²) in [6.45, 7) is 0.494. The fourth-order valence-electron chi connectivity index (χ4n) is 1.35. The van der Waals surface area contributed by atoms with Gasteiger partial charge in [0.15, 0.2) is 5.78 Å². The van der Waals surface area contributed by atoms with Crippen LogP contribution in [0.1, 0.15) is 0 Å². The summed E-state index contributed by atoms with van der Waals surface area (Å²) in [5, 5.41) is 3.49. The zero-order chi connectivity index (χ0) is 10.8. The van der Waals surface area contributed by atoms with Crippen molar-refractivity contribution in [1.29, 1.82) is 0 Å². The van der Waals surface area contributed by atoms with Gasteiger partial charge < -0.3 is 5.32 Å². The molecule has 1 aliphatic rings. The highest BCUT2D eigenvalue weighted by atomic mass is 79.9. The van der Waals surface area contributed by atoms with E-state index in [0.717, 1.165) is 15.8 Å². The second-order valence-corrected chi connectivity index (χ2v) is 4.61. The molecule has 0 saturated heterocycles. The van der Waals surface area contributed by atoms with Gasteiger partial charge in [-0.3, -0.25) is 4.79 Å². The lowest BCUT2D eigenvalue weighted by Gasteiger charge is -2.16. The maximum Gasteiger partial charge on any atom is 0.189 e. The van der Waals surface area contributed by atoms with Gasteiger partial charge in [0.05, 0.1) is 23.2 Å². The third-order valence-corrected chi connectivity index (χ3v) is 3.11. The molecule has 0 saturated carbocycles. The van der Waals surface area contributed by atoms with Crippen LogP contribution < -0.4 is 5.32 Å². The predicted octanol–water partition coefficient (Wildman–Crippen LogP) is 2.91. The predicted molar refractivity (Wildman–Crippen MR) is 68.5 cm³/mol. The van der Waals surface area contributed by atoms with Crippen LogP contribution in [0.15, 0.2) is 27.7 Å². The first-order valence-corrected chi connectivity index (χ1v) is 6.32. The third kappa shape index (κ3) is 2.29. The molecule has 1 N–H and O–H groups in total. The van der Waals surface area contributed by atoms with Crippen molar-refractivity contribution in [3.05, 3.63) is 22.7 Å². The number of hydrogen-bond acceptors (Lipinski definition) is 3. The van der Waals surface area contributed by atoms with Crippen LogP contribution in [-0.2, 0) is 4.79 Å². The maximum absolute atomic E-state index is 11.4. The van der Waals surface area contributed by atoms with E-state index in [1.807, 2.05) is 18.2 Å². The van der Waals surface area contributed by atoms with Crippen LogP contribution in [0.3, 0.4) is 0 Å². The van der Waals surface area contributed by atoms with E-state index >= 15 is 0 Å². The SMILES string of the molecule is O=C(CBr)C1=Nc2ccc(Br)cc2NC1. The zero-order valence-corrected chi connectivity index (χ0v) is 10.9. The molecule has 15 heavy (non-hydrogen) atoms. The number of carbonyl (C=O) groups is 1. The topological polar surface area (TPSA) is 41.5 Å². The minimum Gasteiger partial charge on any atom is -0.377 e. The number of hydrogen-bond donors (Lipinski definition) is 1. The van der Waals surface area contributed by atoms with E-state index in [1.165, 1.54) is 0 Å². The highest BCUT2D eigenvalue weighted by Gasteiger charge is 2.16. The highest BCUT2D eigenvalue weighted by Crippen LogP contribution is 2.30. The van der Waals surface area contributed by atoms with Crippen molar-refractivity contribution in [3.8, 4) is 0 Å². The number of anilines is 1. The standard InChI is InChI=1S/C10H8Br2N2O/c11-4-10(15)9-5-13-8-3-6(12)1-2-7(8)14-9/h1-3,13H,4-5H2. The fourth-order valence-corrected chi connectivity index (χ4v) is 2.03. The molecule has 0 atom stereocenters. The molecule has 1 aromatic rings. The number of nitrogens with zero attached hydrogens (tertiary/aromatic N) is 1. The number of rotatable bonds is 2. The van der Waals surface area contributed by atoms with Crippen molar-refractivity contribution in [2.75, 3.05) is 17.2 Å². The minimum absolute atomic E-state index is 0.0241. The number of benzene rings is 1. The molecule has 0 spiro atoms. The Hall–Kier alpha value is -0.680. The fraction of sp³-hybridized carbons (Fsp3) is 0.200. The van der Waals surface area contributed by atoms with E-state index in [9.17, 15) is 4.79 Å². The molecule has 5 heteroatoms. The van der Waals surface area contributed by atoms with Gasteiger partial charge in [-0.05, 0) is 18.2 Å². The van der Waals surface area contributed by atoms with Gasteiger partial charge >= 0.3 is 0 Å². The number of carbonyl (C=O) groups excluding carboxylic acids is 1. The van der Waals surface area contributed by atoms with E-state index in [-0.39, 0.29) is 5.78 Å². The lowest BCUT2D eigenvalue weighted by Crippen LogP contribution is -2.26. The van der Waals surface area contributed by atoms with Crippen LogP contribution in [0.5, 0.6) is 0 Å². The summed E-state index contributed by atoms with van der Waals surface area (Å²) >= 11 is 6.52. The summed E-state index contributed by atoms with van der Waals surface area (Å²) in [5.41, 5.74) is 2.34. The second-order valence-electron chi connectivity index (χ2n) is 3.13. The number of fused-ring (bicyclic) bond motifs is 1. The Morgan fingerprint density at radius 2 is 2.33 bits per heavy atom. The van der Waals surface area contributed by atoms with Crippen molar-refractivity contribution < 1.29 is 4.79 Å². The van der Waals surface area contributed by atoms with Crippen molar-refractivity contribution in [2.45, 2.75) is 0 Å². The molecule has 0 fully saturated rings. The summed E-state index contributed by atoms with van der Waals surface area (Å²) in [5.74, 6) is 0.0241. The molecular formula is C10H8Br2N2O. The quantitative estimate of drug-likeness (QED) is 0.847. The normalized spacial score (nSPS) is 13.9.